The Morgan fingerprint density at radius 2 is 1.68 bits per heavy atom. The van der Waals surface area contributed by atoms with Gasteiger partial charge in [-0.25, -0.2) is 0 Å². The van der Waals surface area contributed by atoms with Crippen LogP contribution in [0.15, 0.2) is 60.9 Å². The van der Waals surface area contributed by atoms with Gasteiger partial charge in [-0.1, -0.05) is 48.0 Å². The van der Waals surface area contributed by atoms with Crippen molar-refractivity contribution in [3.05, 3.63) is 77.1 Å². The third-order valence-corrected chi connectivity index (χ3v) is 5.65. The van der Waals surface area contributed by atoms with Gasteiger partial charge in [0.1, 0.15) is 0 Å². The number of aromatic amines is 1. The Morgan fingerprint density at radius 3 is 2.20 bits per heavy atom. The average Bonchev–Trinajstić information content (AvgIpc) is 3.21. The molecule has 25 heavy (non-hydrogen) atoms. The Balaban J connectivity index is 1.66. The zero-order valence-corrected chi connectivity index (χ0v) is 15.1. The first-order valence-electron chi connectivity index (χ1n) is 8.73. The molecule has 1 unspecified atom stereocenters. The van der Waals surface area contributed by atoms with E-state index in [9.17, 15) is 0 Å². The molecule has 1 heterocycles. The van der Waals surface area contributed by atoms with Gasteiger partial charge in [0.2, 0.25) is 0 Å². The molecular weight excluding hydrogens is 330 g/mol. The summed E-state index contributed by atoms with van der Waals surface area (Å²) in [5.41, 5.74) is 5.25. The van der Waals surface area contributed by atoms with Crippen LogP contribution in [0, 0.1) is 0 Å². The molecular formula is C21H22ClN3. The highest BCUT2D eigenvalue weighted by atomic mass is 35.5. The van der Waals surface area contributed by atoms with Crippen molar-refractivity contribution in [1.82, 2.24) is 15.5 Å². The summed E-state index contributed by atoms with van der Waals surface area (Å²) in [6, 6.07) is 17.1. The topological polar surface area (TPSA) is 40.7 Å². The Kier molecular flexibility index (Phi) is 4.36. The van der Waals surface area contributed by atoms with Gasteiger partial charge in [0, 0.05) is 28.2 Å². The Hall–Kier alpha value is -2.10. The Morgan fingerprint density at radius 1 is 1.04 bits per heavy atom. The lowest BCUT2D eigenvalue weighted by Gasteiger charge is -2.24. The van der Waals surface area contributed by atoms with Crippen LogP contribution in [0.25, 0.3) is 11.1 Å². The molecule has 0 radical (unpaired) electrons. The van der Waals surface area contributed by atoms with E-state index in [1.807, 2.05) is 24.5 Å². The van der Waals surface area contributed by atoms with Crippen molar-refractivity contribution in [2.75, 3.05) is 7.05 Å². The van der Waals surface area contributed by atoms with Crippen molar-refractivity contribution in [2.24, 2.45) is 0 Å². The molecule has 4 heteroatoms. The molecule has 0 spiro atoms. The lowest BCUT2D eigenvalue weighted by Crippen LogP contribution is -2.29. The maximum Gasteiger partial charge on any atom is 0.0565 e. The van der Waals surface area contributed by atoms with Crippen LogP contribution in [0.2, 0.25) is 5.02 Å². The average molecular weight is 352 g/mol. The molecule has 4 rings (SSSR count). The van der Waals surface area contributed by atoms with E-state index < -0.39 is 0 Å². The molecule has 2 N–H and O–H groups in total. The van der Waals surface area contributed by atoms with Crippen LogP contribution in [0.4, 0.5) is 0 Å². The Labute approximate surface area is 153 Å². The molecule has 0 amide bonds. The van der Waals surface area contributed by atoms with Gasteiger partial charge >= 0.3 is 0 Å². The van der Waals surface area contributed by atoms with E-state index >= 15 is 0 Å². The van der Waals surface area contributed by atoms with Crippen molar-refractivity contribution in [3.63, 3.8) is 0 Å². The van der Waals surface area contributed by atoms with Gasteiger partial charge in [0.25, 0.3) is 0 Å². The summed E-state index contributed by atoms with van der Waals surface area (Å²) in [6.07, 6.45) is 7.38. The largest absolute Gasteiger partial charge is 0.314 e. The highest BCUT2D eigenvalue weighted by Gasteiger charge is 2.43. The zero-order valence-electron chi connectivity index (χ0n) is 14.3. The van der Waals surface area contributed by atoms with Crippen LogP contribution >= 0.6 is 11.6 Å². The summed E-state index contributed by atoms with van der Waals surface area (Å²) >= 11 is 6.09. The first-order chi connectivity index (χ1) is 12.2. The summed E-state index contributed by atoms with van der Waals surface area (Å²) in [5.74, 6) is 0.366. The van der Waals surface area contributed by atoms with Crippen LogP contribution in [-0.4, -0.2) is 22.8 Å². The minimum absolute atomic E-state index is 0.285. The number of nitrogens with one attached hydrogen (secondary N) is 2. The molecule has 1 fully saturated rings. The van der Waals surface area contributed by atoms with Gasteiger partial charge in [-0.3, -0.25) is 5.10 Å². The number of hydrogen-bond donors (Lipinski definition) is 2. The van der Waals surface area contributed by atoms with Crippen molar-refractivity contribution in [2.45, 2.75) is 30.7 Å². The fourth-order valence-electron chi connectivity index (χ4n) is 3.54. The number of benzene rings is 2. The van der Waals surface area contributed by atoms with E-state index in [4.69, 9.17) is 11.6 Å². The number of halogens is 1. The number of nitrogens with zero attached hydrogens (tertiary/aromatic N) is 1. The van der Waals surface area contributed by atoms with Crippen molar-refractivity contribution in [3.8, 4) is 11.1 Å². The fourth-order valence-corrected chi connectivity index (χ4v) is 3.66. The molecule has 1 aromatic heterocycles. The van der Waals surface area contributed by atoms with Gasteiger partial charge in [-0.05, 0) is 55.1 Å². The van der Waals surface area contributed by atoms with Gasteiger partial charge in [0.05, 0.1) is 6.20 Å². The lowest BCUT2D eigenvalue weighted by molar-refractivity contribution is 0.480. The smallest absolute Gasteiger partial charge is 0.0565 e. The molecule has 1 aliphatic carbocycles. The van der Waals surface area contributed by atoms with E-state index in [1.54, 1.807) is 0 Å². The van der Waals surface area contributed by atoms with E-state index in [-0.39, 0.29) is 5.54 Å². The number of rotatable bonds is 6. The SMILES string of the molecule is CNC1(CC(c2ccc(Cl)cc2)c2ccc(-c3cn[nH]c3)cc2)CC1. The van der Waals surface area contributed by atoms with Crippen LogP contribution < -0.4 is 5.32 Å². The second-order valence-electron chi connectivity index (χ2n) is 6.95. The second-order valence-corrected chi connectivity index (χ2v) is 7.38. The summed E-state index contributed by atoms with van der Waals surface area (Å²) in [4.78, 5) is 0. The molecule has 1 saturated carbocycles. The van der Waals surface area contributed by atoms with E-state index in [2.05, 4.69) is 59.0 Å². The van der Waals surface area contributed by atoms with Gasteiger partial charge in [-0.15, -0.1) is 0 Å². The zero-order chi connectivity index (χ0) is 17.3. The highest BCUT2D eigenvalue weighted by molar-refractivity contribution is 6.30. The summed E-state index contributed by atoms with van der Waals surface area (Å²) in [6.45, 7) is 0. The molecule has 3 aromatic rings. The van der Waals surface area contributed by atoms with Gasteiger partial charge in [0.15, 0.2) is 0 Å². The predicted molar refractivity (Wildman–Crippen MR) is 103 cm³/mol. The molecule has 0 saturated heterocycles. The molecule has 2 aromatic carbocycles. The monoisotopic (exact) mass is 351 g/mol. The van der Waals surface area contributed by atoms with Crippen LogP contribution in [0.5, 0.6) is 0 Å². The van der Waals surface area contributed by atoms with Crippen LogP contribution in [0.3, 0.4) is 0 Å². The fraction of sp³-hybridized carbons (Fsp3) is 0.286. The summed E-state index contributed by atoms with van der Waals surface area (Å²) < 4.78 is 0. The summed E-state index contributed by atoms with van der Waals surface area (Å²) in [7, 11) is 2.08. The van der Waals surface area contributed by atoms with Crippen LogP contribution in [0.1, 0.15) is 36.3 Å². The standard InChI is InChI=1S/C21H22ClN3/c1-23-21(10-11-21)12-20(17-6-8-19(22)9-7-17)16-4-2-15(3-5-16)18-13-24-25-14-18/h2-9,13-14,20,23H,10-12H2,1H3,(H,24,25). The lowest BCUT2D eigenvalue weighted by atomic mass is 9.84. The van der Waals surface area contributed by atoms with E-state index in [0.29, 0.717) is 5.92 Å². The number of aromatic nitrogens is 2. The van der Waals surface area contributed by atoms with Gasteiger partial charge in [-0.2, -0.15) is 5.10 Å². The third-order valence-electron chi connectivity index (χ3n) is 5.40. The maximum absolute atomic E-state index is 6.09. The molecule has 1 aliphatic rings. The van der Waals surface area contributed by atoms with Gasteiger partial charge < -0.3 is 5.32 Å². The summed E-state index contributed by atoms with van der Waals surface area (Å²) in [5, 5.41) is 11.2. The van der Waals surface area contributed by atoms with Crippen molar-refractivity contribution < 1.29 is 0 Å². The first-order valence-corrected chi connectivity index (χ1v) is 9.10. The minimum Gasteiger partial charge on any atom is -0.314 e. The molecule has 0 aliphatic heterocycles. The van der Waals surface area contributed by atoms with Crippen LogP contribution in [-0.2, 0) is 0 Å². The molecule has 128 valence electrons. The van der Waals surface area contributed by atoms with E-state index in [1.165, 1.54) is 29.5 Å². The minimum atomic E-state index is 0.285. The molecule has 1 atom stereocenters. The second kappa shape index (κ2) is 6.66. The van der Waals surface area contributed by atoms with Crippen molar-refractivity contribution >= 4 is 11.6 Å². The maximum atomic E-state index is 6.09. The third kappa shape index (κ3) is 3.48. The Bertz CT molecular complexity index is 819. The number of hydrogen-bond acceptors (Lipinski definition) is 2. The first kappa shape index (κ1) is 16.4. The quantitative estimate of drug-likeness (QED) is 0.655. The molecule has 0 bridgehead atoms. The molecule has 3 nitrogen and oxygen atoms in total. The number of H-pyrrole nitrogens is 1. The predicted octanol–water partition coefficient (Wildman–Crippen LogP) is 5.00. The normalized spacial score (nSPS) is 16.6. The highest BCUT2D eigenvalue weighted by Crippen LogP contribution is 2.45. The van der Waals surface area contributed by atoms with Crippen molar-refractivity contribution in [1.29, 1.82) is 0 Å². The van der Waals surface area contributed by atoms with E-state index in [0.717, 1.165) is 17.0 Å².